The summed E-state index contributed by atoms with van der Waals surface area (Å²) in [5, 5.41) is 33.6. The van der Waals surface area contributed by atoms with Crippen molar-refractivity contribution in [1.82, 2.24) is 19.6 Å². The number of halogens is 1. The number of anilines is 1. The average molecular weight is 474 g/mol. The predicted molar refractivity (Wildman–Crippen MR) is 125 cm³/mol. The van der Waals surface area contributed by atoms with Crippen molar-refractivity contribution in [3.63, 3.8) is 0 Å². The van der Waals surface area contributed by atoms with Crippen LogP contribution in [0.5, 0.6) is 5.75 Å². The van der Waals surface area contributed by atoms with Crippen LogP contribution < -0.4 is 9.64 Å². The minimum atomic E-state index is -0.806. The van der Waals surface area contributed by atoms with E-state index in [9.17, 15) is 19.9 Å². The Labute approximate surface area is 200 Å². The number of β-amino-alcohol motifs (C(OH)–C–C–N with tert-alkyl or cyclic N) is 1. The molecule has 0 spiro atoms. The molecule has 0 bridgehead atoms. The van der Waals surface area contributed by atoms with Gasteiger partial charge in [-0.25, -0.2) is 13.9 Å². The smallest absolute Gasteiger partial charge is 0.148 e. The van der Waals surface area contributed by atoms with Crippen LogP contribution in [-0.2, 0) is 0 Å². The Morgan fingerprint density at radius 1 is 1.11 bits per heavy atom. The summed E-state index contributed by atoms with van der Waals surface area (Å²) in [6.07, 6.45) is 4.58. The Balaban J connectivity index is 1.47. The molecule has 0 aliphatic carbocycles. The third-order valence-electron chi connectivity index (χ3n) is 6.12. The van der Waals surface area contributed by atoms with Crippen LogP contribution in [0.4, 0.5) is 10.2 Å². The average Bonchev–Trinajstić information content (AvgIpc) is 3.30. The Morgan fingerprint density at radius 3 is 2.66 bits per heavy atom. The minimum Gasteiger partial charge on any atom is -0.482 e. The summed E-state index contributed by atoms with van der Waals surface area (Å²) >= 11 is 0. The largest absolute Gasteiger partial charge is 0.482 e. The van der Waals surface area contributed by atoms with Gasteiger partial charge >= 0.3 is 0 Å². The molecule has 5 rings (SSSR count). The summed E-state index contributed by atoms with van der Waals surface area (Å²) in [5.74, 6) is 0.714. The van der Waals surface area contributed by atoms with Gasteiger partial charge in [-0.05, 0) is 43.7 Å². The van der Waals surface area contributed by atoms with Crippen molar-refractivity contribution in [2.24, 2.45) is 0 Å². The molecule has 4 aromatic heterocycles. The molecule has 3 atom stereocenters. The topological polar surface area (TPSA) is 120 Å². The first kappa shape index (κ1) is 22.7. The maximum atomic E-state index is 13.3. The number of hydrogen-bond acceptors (Lipinski definition) is 8. The number of ether oxygens (including phenoxy) is 1. The second kappa shape index (κ2) is 9.29. The van der Waals surface area contributed by atoms with E-state index in [4.69, 9.17) is 4.74 Å². The lowest BCUT2D eigenvalue weighted by atomic mass is 10.0. The number of piperidine rings is 1. The van der Waals surface area contributed by atoms with Crippen LogP contribution >= 0.6 is 0 Å². The monoisotopic (exact) mass is 474 g/mol. The van der Waals surface area contributed by atoms with Gasteiger partial charge < -0.3 is 19.8 Å². The summed E-state index contributed by atoms with van der Waals surface area (Å²) in [4.78, 5) is 10.6. The van der Waals surface area contributed by atoms with Crippen LogP contribution in [0.25, 0.3) is 16.6 Å². The van der Waals surface area contributed by atoms with Crippen molar-refractivity contribution < 1.29 is 19.3 Å². The summed E-state index contributed by atoms with van der Waals surface area (Å²) < 4.78 is 21.1. The van der Waals surface area contributed by atoms with Crippen molar-refractivity contribution in [3.05, 3.63) is 72.2 Å². The molecule has 0 aromatic carbocycles. The van der Waals surface area contributed by atoms with Crippen LogP contribution in [0.15, 0.2) is 55.1 Å². The number of pyridine rings is 3. The van der Waals surface area contributed by atoms with Gasteiger partial charge in [0, 0.05) is 36.6 Å². The van der Waals surface area contributed by atoms with Crippen molar-refractivity contribution >= 4 is 11.3 Å². The number of nitrogens with zero attached hydrogens (tertiary/aromatic N) is 6. The lowest BCUT2D eigenvalue weighted by molar-refractivity contribution is 0.00786. The maximum absolute atomic E-state index is 13.3. The first-order valence-corrected chi connectivity index (χ1v) is 11.2. The predicted octanol–water partition coefficient (Wildman–Crippen LogP) is 2.87. The van der Waals surface area contributed by atoms with Crippen molar-refractivity contribution in [1.29, 1.82) is 5.26 Å². The van der Waals surface area contributed by atoms with Gasteiger partial charge in [0.05, 0.1) is 30.3 Å². The standard InChI is InChI=1S/C25H23FN6O3/c1-15(20-4-3-19(26)12-28-20)35-23-8-17(13-32-25(23)18(9-27)11-30-32)16-2-5-24(29-10-16)31-7-6-21(33)22(34)14-31/h2-5,8,10-13,15,21-22,33-34H,6-7,14H2,1H3/t15-,21-,22-/m1/s1. The van der Waals surface area contributed by atoms with Crippen LogP contribution in [-0.4, -0.2) is 55.1 Å². The van der Waals surface area contributed by atoms with E-state index in [1.807, 2.05) is 23.1 Å². The molecule has 1 aliphatic heterocycles. The second-order valence-electron chi connectivity index (χ2n) is 8.49. The highest BCUT2D eigenvalue weighted by atomic mass is 19.1. The third-order valence-corrected chi connectivity index (χ3v) is 6.12. The third kappa shape index (κ3) is 4.51. The lowest BCUT2D eigenvalue weighted by Gasteiger charge is -2.34. The fourth-order valence-electron chi connectivity index (χ4n) is 4.16. The molecule has 10 heteroatoms. The number of nitriles is 1. The maximum Gasteiger partial charge on any atom is 0.148 e. The highest BCUT2D eigenvalue weighted by molar-refractivity contribution is 5.75. The van der Waals surface area contributed by atoms with E-state index in [1.165, 1.54) is 12.3 Å². The number of aliphatic hydroxyl groups excluding tert-OH is 2. The van der Waals surface area contributed by atoms with E-state index in [0.717, 1.165) is 17.3 Å². The van der Waals surface area contributed by atoms with E-state index in [2.05, 4.69) is 21.1 Å². The van der Waals surface area contributed by atoms with E-state index in [-0.39, 0.29) is 0 Å². The first-order valence-electron chi connectivity index (χ1n) is 11.2. The quantitative estimate of drug-likeness (QED) is 0.453. The number of aromatic nitrogens is 4. The molecule has 9 nitrogen and oxygen atoms in total. The van der Waals surface area contributed by atoms with E-state index >= 15 is 0 Å². The molecule has 35 heavy (non-hydrogen) atoms. The number of fused-ring (bicyclic) bond motifs is 1. The number of hydrogen-bond donors (Lipinski definition) is 2. The Bertz CT molecular complexity index is 1380. The summed E-state index contributed by atoms with van der Waals surface area (Å²) in [7, 11) is 0. The second-order valence-corrected chi connectivity index (χ2v) is 8.49. The zero-order valence-corrected chi connectivity index (χ0v) is 18.9. The van der Waals surface area contributed by atoms with Gasteiger partial charge in [0.15, 0.2) is 0 Å². The fraction of sp³-hybridized carbons (Fsp3) is 0.280. The van der Waals surface area contributed by atoms with Crippen LogP contribution in [0.2, 0.25) is 0 Å². The van der Waals surface area contributed by atoms with Crippen molar-refractivity contribution in [2.75, 3.05) is 18.0 Å². The van der Waals surface area contributed by atoms with Gasteiger partial charge in [0.25, 0.3) is 0 Å². The molecule has 0 radical (unpaired) electrons. The Hall–Kier alpha value is -4.07. The molecule has 2 N–H and O–H groups in total. The molecular formula is C25H23FN6O3. The number of aliphatic hydroxyl groups is 2. The van der Waals surface area contributed by atoms with Crippen molar-refractivity contribution in [2.45, 2.75) is 31.7 Å². The highest BCUT2D eigenvalue weighted by Gasteiger charge is 2.26. The van der Waals surface area contributed by atoms with Gasteiger partial charge in [0.1, 0.15) is 40.6 Å². The molecule has 0 unspecified atom stereocenters. The zero-order chi connectivity index (χ0) is 24.5. The van der Waals surface area contributed by atoms with Crippen LogP contribution in [0, 0.1) is 17.1 Å². The summed E-state index contributed by atoms with van der Waals surface area (Å²) in [5.41, 5.74) is 3.01. The van der Waals surface area contributed by atoms with Gasteiger partial charge in [-0.3, -0.25) is 4.98 Å². The van der Waals surface area contributed by atoms with Gasteiger partial charge in [-0.15, -0.1) is 0 Å². The molecule has 1 saturated heterocycles. The molecule has 1 aliphatic rings. The molecule has 4 aromatic rings. The van der Waals surface area contributed by atoms with Gasteiger partial charge in [-0.1, -0.05) is 0 Å². The zero-order valence-electron chi connectivity index (χ0n) is 18.9. The van der Waals surface area contributed by atoms with Gasteiger partial charge in [0.2, 0.25) is 0 Å². The number of rotatable bonds is 5. The molecule has 0 amide bonds. The normalized spacial score (nSPS) is 18.9. The van der Waals surface area contributed by atoms with Crippen LogP contribution in [0.1, 0.15) is 30.7 Å². The van der Waals surface area contributed by atoms with E-state index in [0.29, 0.717) is 47.9 Å². The SMILES string of the molecule is C[C@@H](Oc1cc(-c2ccc(N3CC[C@@H](O)[C@H](O)C3)nc2)cn2ncc(C#N)c12)c1ccc(F)cn1. The van der Waals surface area contributed by atoms with Crippen LogP contribution in [0.3, 0.4) is 0 Å². The fourth-order valence-corrected chi connectivity index (χ4v) is 4.16. The lowest BCUT2D eigenvalue weighted by Crippen LogP contribution is -2.46. The summed E-state index contributed by atoms with van der Waals surface area (Å²) in [6, 6.07) is 10.6. The highest BCUT2D eigenvalue weighted by Crippen LogP contribution is 2.33. The molecule has 178 valence electrons. The molecular weight excluding hydrogens is 451 g/mol. The Kier molecular flexibility index (Phi) is 6.03. The van der Waals surface area contributed by atoms with E-state index in [1.54, 1.807) is 29.9 Å². The molecule has 5 heterocycles. The first-order chi connectivity index (χ1) is 16.9. The molecule has 0 saturated carbocycles. The van der Waals surface area contributed by atoms with Crippen molar-refractivity contribution in [3.8, 4) is 22.9 Å². The van der Waals surface area contributed by atoms with E-state index < -0.39 is 24.1 Å². The minimum absolute atomic E-state index is 0.316. The summed E-state index contributed by atoms with van der Waals surface area (Å²) in [6.45, 7) is 2.72. The van der Waals surface area contributed by atoms with Gasteiger partial charge in [-0.2, -0.15) is 10.4 Å². The Morgan fingerprint density at radius 2 is 1.97 bits per heavy atom. The molecule has 1 fully saturated rings.